The Hall–Kier alpha value is -1.03. The van der Waals surface area contributed by atoms with Crippen LogP contribution >= 0.6 is 23.2 Å². The van der Waals surface area contributed by atoms with Crippen molar-refractivity contribution in [1.29, 1.82) is 0 Å². The predicted molar refractivity (Wildman–Crippen MR) is 114 cm³/mol. The number of allylic oxidation sites excluding steroid dienone is 2. The summed E-state index contributed by atoms with van der Waals surface area (Å²) in [5, 5.41) is 13.8. The minimum atomic E-state index is -0.714. The molecule has 0 aliphatic heterocycles. The van der Waals surface area contributed by atoms with Gasteiger partial charge in [-0.15, -0.1) is 0 Å². The van der Waals surface area contributed by atoms with E-state index in [1.54, 1.807) is 0 Å². The molecule has 5 heteroatoms. The van der Waals surface area contributed by atoms with Gasteiger partial charge in [0.25, 0.3) is 0 Å². The highest BCUT2D eigenvalue weighted by molar-refractivity contribution is 6.36. The Labute approximate surface area is 173 Å². The van der Waals surface area contributed by atoms with Crippen LogP contribution in [0, 0.1) is 18.8 Å². The maximum absolute atomic E-state index is 10.6. The number of aryl methyl sites for hydroxylation is 1. The van der Waals surface area contributed by atoms with E-state index in [1.807, 2.05) is 19.1 Å². The van der Waals surface area contributed by atoms with Crippen molar-refractivity contribution in [3.05, 3.63) is 45.5 Å². The molecule has 1 saturated carbocycles. The maximum Gasteiger partial charge on any atom is 0.303 e. The Morgan fingerprint density at radius 3 is 2.63 bits per heavy atom. The minimum Gasteiger partial charge on any atom is -0.481 e. The van der Waals surface area contributed by atoms with Gasteiger partial charge in [0.1, 0.15) is 0 Å². The fraction of sp³-hybridized carbons (Fsp3) is 0.591. The van der Waals surface area contributed by atoms with Crippen LogP contribution in [0.3, 0.4) is 0 Å². The van der Waals surface area contributed by atoms with Crippen molar-refractivity contribution in [2.24, 2.45) is 11.8 Å². The van der Waals surface area contributed by atoms with Crippen LogP contribution in [0.1, 0.15) is 62.5 Å². The quantitative estimate of drug-likeness (QED) is 0.280. The second-order valence-electron chi connectivity index (χ2n) is 7.61. The number of carboxylic acid groups (broad SMARTS) is 1. The molecule has 0 spiro atoms. The topological polar surface area (TPSA) is 49.3 Å². The minimum absolute atomic E-state index is 0.248. The first-order valence-electron chi connectivity index (χ1n) is 10.0. The Balaban J connectivity index is 1.87. The van der Waals surface area contributed by atoms with Crippen LogP contribution in [0.4, 0.5) is 0 Å². The van der Waals surface area contributed by atoms with Crippen LogP contribution in [0.25, 0.3) is 0 Å². The molecule has 1 aromatic rings. The van der Waals surface area contributed by atoms with E-state index in [2.05, 4.69) is 17.5 Å². The average molecular weight is 412 g/mol. The van der Waals surface area contributed by atoms with E-state index in [4.69, 9.17) is 28.3 Å². The highest BCUT2D eigenvalue weighted by atomic mass is 35.5. The summed E-state index contributed by atoms with van der Waals surface area (Å²) in [6, 6.07) is 3.91. The number of carbonyl (C=O) groups is 1. The van der Waals surface area contributed by atoms with Gasteiger partial charge < -0.3 is 10.4 Å². The van der Waals surface area contributed by atoms with Gasteiger partial charge in [0.15, 0.2) is 0 Å². The molecular weight excluding hydrogens is 381 g/mol. The molecule has 1 aromatic carbocycles. The third-order valence-electron chi connectivity index (χ3n) is 5.36. The summed E-state index contributed by atoms with van der Waals surface area (Å²) >= 11 is 12.7. The fourth-order valence-corrected chi connectivity index (χ4v) is 4.57. The lowest BCUT2D eigenvalue weighted by atomic mass is 9.87. The summed E-state index contributed by atoms with van der Waals surface area (Å²) in [7, 11) is 0. The molecule has 1 fully saturated rings. The van der Waals surface area contributed by atoms with Crippen molar-refractivity contribution < 1.29 is 9.90 Å². The first-order valence-corrected chi connectivity index (χ1v) is 10.8. The van der Waals surface area contributed by atoms with E-state index in [-0.39, 0.29) is 6.42 Å². The zero-order valence-corrected chi connectivity index (χ0v) is 17.7. The summed E-state index contributed by atoms with van der Waals surface area (Å²) in [5.41, 5.74) is 2.05. The number of hydrogen-bond acceptors (Lipinski definition) is 2. The van der Waals surface area contributed by atoms with Crippen molar-refractivity contribution >= 4 is 29.2 Å². The van der Waals surface area contributed by atoms with Gasteiger partial charge in [-0.3, -0.25) is 4.79 Å². The number of hydrogen-bond donors (Lipinski definition) is 2. The summed E-state index contributed by atoms with van der Waals surface area (Å²) in [5.74, 6) is 0.452. The largest absolute Gasteiger partial charge is 0.481 e. The van der Waals surface area contributed by atoms with Crippen molar-refractivity contribution in [2.75, 3.05) is 6.54 Å². The van der Waals surface area contributed by atoms with Crippen molar-refractivity contribution in [3.8, 4) is 0 Å². The molecule has 1 aliphatic carbocycles. The lowest BCUT2D eigenvalue weighted by molar-refractivity contribution is -0.137. The van der Waals surface area contributed by atoms with Gasteiger partial charge in [0.05, 0.1) is 0 Å². The van der Waals surface area contributed by atoms with Crippen LogP contribution in [0.2, 0.25) is 10.0 Å². The first kappa shape index (κ1) is 22.3. The normalized spacial score (nSPS) is 20.7. The second-order valence-corrected chi connectivity index (χ2v) is 8.43. The van der Waals surface area contributed by atoms with Gasteiger partial charge in [0.2, 0.25) is 0 Å². The number of unbranched alkanes of at least 4 members (excludes halogenated alkanes) is 1. The summed E-state index contributed by atoms with van der Waals surface area (Å²) in [6.45, 7) is 3.63. The third-order valence-corrected chi connectivity index (χ3v) is 6.03. The SMILES string of the molecule is Cc1cc(Cl)c(CNC[C@H]2CCCCC[C@@H]2/C=C\CCCC(=O)O)c(Cl)c1. The van der Waals surface area contributed by atoms with Gasteiger partial charge >= 0.3 is 5.97 Å². The molecule has 0 aromatic heterocycles. The molecule has 0 bridgehead atoms. The number of halogens is 2. The van der Waals surface area contributed by atoms with Crippen LogP contribution in [-0.4, -0.2) is 17.6 Å². The standard InChI is InChI=1S/C22H31Cl2NO2/c1-16-12-20(23)19(21(24)13-16)15-25-14-18-10-6-2-4-8-17(18)9-5-3-7-11-22(26)27/h5,9,12-13,17-18,25H,2-4,6-8,10-11,14-15H2,1H3,(H,26,27)/b9-5-/t17-,18-/m1/s1. The summed E-state index contributed by atoms with van der Waals surface area (Å²) in [4.78, 5) is 10.6. The van der Waals surface area contributed by atoms with E-state index < -0.39 is 5.97 Å². The van der Waals surface area contributed by atoms with Crippen LogP contribution in [0.5, 0.6) is 0 Å². The number of aliphatic carboxylic acids is 1. The van der Waals surface area contributed by atoms with Crippen LogP contribution in [-0.2, 0) is 11.3 Å². The fourth-order valence-electron chi connectivity index (χ4n) is 3.84. The summed E-state index contributed by atoms with van der Waals surface area (Å²) in [6.07, 6.45) is 12.6. The Morgan fingerprint density at radius 1 is 1.22 bits per heavy atom. The second kappa shape index (κ2) is 11.7. The molecule has 150 valence electrons. The lowest BCUT2D eigenvalue weighted by Crippen LogP contribution is -2.27. The van der Waals surface area contributed by atoms with E-state index in [1.165, 1.54) is 32.1 Å². The molecule has 3 nitrogen and oxygen atoms in total. The highest BCUT2D eigenvalue weighted by Crippen LogP contribution is 2.30. The smallest absolute Gasteiger partial charge is 0.303 e. The number of carboxylic acids is 1. The number of benzene rings is 1. The lowest BCUT2D eigenvalue weighted by Gasteiger charge is -2.23. The Bertz CT molecular complexity index is 622. The molecule has 2 N–H and O–H groups in total. The molecule has 27 heavy (non-hydrogen) atoms. The van der Waals surface area contributed by atoms with Crippen LogP contribution < -0.4 is 5.32 Å². The van der Waals surface area contributed by atoms with Crippen molar-refractivity contribution in [3.63, 3.8) is 0 Å². The van der Waals surface area contributed by atoms with E-state index in [0.29, 0.717) is 24.8 Å². The van der Waals surface area contributed by atoms with Gasteiger partial charge in [-0.05, 0) is 68.7 Å². The molecule has 2 atom stereocenters. The number of rotatable bonds is 9. The van der Waals surface area contributed by atoms with Gasteiger partial charge in [-0.25, -0.2) is 0 Å². The predicted octanol–water partition coefficient (Wildman–Crippen LogP) is 6.40. The molecule has 0 heterocycles. The molecule has 0 unspecified atom stereocenters. The molecule has 2 rings (SSSR count). The average Bonchev–Trinajstić information content (AvgIpc) is 2.82. The van der Waals surface area contributed by atoms with E-state index >= 15 is 0 Å². The third kappa shape index (κ3) is 7.85. The molecule has 1 aliphatic rings. The zero-order chi connectivity index (χ0) is 19.6. The number of nitrogens with one attached hydrogen (secondary N) is 1. The van der Waals surface area contributed by atoms with E-state index in [9.17, 15) is 4.79 Å². The highest BCUT2D eigenvalue weighted by Gasteiger charge is 2.21. The molecule has 0 amide bonds. The Kier molecular flexibility index (Phi) is 9.67. The van der Waals surface area contributed by atoms with Crippen molar-refractivity contribution in [2.45, 2.75) is 64.8 Å². The van der Waals surface area contributed by atoms with Crippen LogP contribution in [0.15, 0.2) is 24.3 Å². The summed E-state index contributed by atoms with van der Waals surface area (Å²) < 4.78 is 0. The first-order chi connectivity index (χ1) is 13.0. The molecular formula is C22H31Cl2NO2. The van der Waals surface area contributed by atoms with E-state index in [0.717, 1.165) is 34.1 Å². The zero-order valence-electron chi connectivity index (χ0n) is 16.1. The Morgan fingerprint density at radius 2 is 1.93 bits per heavy atom. The van der Waals surface area contributed by atoms with Gasteiger partial charge in [-0.1, -0.05) is 54.6 Å². The van der Waals surface area contributed by atoms with Gasteiger partial charge in [0, 0.05) is 28.6 Å². The molecule has 0 radical (unpaired) electrons. The maximum atomic E-state index is 10.6. The monoisotopic (exact) mass is 411 g/mol. The molecule has 0 saturated heterocycles. The van der Waals surface area contributed by atoms with Crippen molar-refractivity contribution in [1.82, 2.24) is 5.32 Å². The van der Waals surface area contributed by atoms with Gasteiger partial charge in [-0.2, -0.15) is 0 Å².